The van der Waals surface area contributed by atoms with E-state index in [4.69, 9.17) is 21.1 Å². The van der Waals surface area contributed by atoms with E-state index in [9.17, 15) is 9.18 Å². The Morgan fingerprint density at radius 1 is 1.18 bits per heavy atom. The zero-order valence-corrected chi connectivity index (χ0v) is 14.1. The first-order chi connectivity index (χ1) is 10.5. The van der Waals surface area contributed by atoms with Crippen molar-refractivity contribution >= 4 is 39.1 Å². The number of rotatable bonds is 4. The van der Waals surface area contributed by atoms with E-state index in [1.54, 1.807) is 6.07 Å². The van der Waals surface area contributed by atoms with Gasteiger partial charge >= 0.3 is 0 Å². The second-order valence-corrected chi connectivity index (χ2v) is 5.53. The van der Waals surface area contributed by atoms with E-state index >= 15 is 0 Å². The Morgan fingerprint density at radius 3 is 2.45 bits per heavy atom. The first-order valence-electron chi connectivity index (χ1n) is 6.14. The number of ether oxygens (including phenoxy) is 2. The van der Waals surface area contributed by atoms with Crippen molar-refractivity contribution in [1.29, 1.82) is 0 Å². The van der Waals surface area contributed by atoms with E-state index in [0.717, 1.165) is 6.07 Å². The molecule has 0 radical (unpaired) electrons. The molecule has 0 unspecified atom stereocenters. The highest BCUT2D eigenvalue weighted by Crippen LogP contribution is 2.36. The van der Waals surface area contributed by atoms with E-state index in [1.165, 1.54) is 32.4 Å². The molecule has 116 valence electrons. The number of nitrogens with one attached hydrogen (secondary N) is 1. The van der Waals surface area contributed by atoms with Gasteiger partial charge in [-0.05, 0) is 40.2 Å². The van der Waals surface area contributed by atoms with Gasteiger partial charge in [0.15, 0.2) is 0 Å². The summed E-state index contributed by atoms with van der Waals surface area (Å²) < 4.78 is 24.1. The van der Waals surface area contributed by atoms with Gasteiger partial charge in [0.2, 0.25) is 0 Å². The topological polar surface area (TPSA) is 47.6 Å². The van der Waals surface area contributed by atoms with E-state index in [1.807, 2.05) is 0 Å². The Hall–Kier alpha value is -1.79. The quantitative estimate of drug-likeness (QED) is 0.838. The molecule has 0 aliphatic heterocycles. The first-order valence-corrected chi connectivity index (χ1v) is 7.31. The van der Waals surface area contributed by atoms with Crippen LogP contribution in [0.4, 0.5) is 10.1 Å². The molecule has 2 aromatic rings. The lowest BCUT2D eigenvalue weighted by Gasteiger charge is -2.13. The highest BCUT2D eigenvalue weighted by atomic mass is 79.9. The molecule has 1 amide bonds. The molecule has 22 heavy (non-hydrogen) atoms. The van der Waals surface area contributed by atoms with Gasteiger partial charge in [-0.25, -0.2) is 4.39 Å². The van der Waals surface area contributed by atoms with Crippen LogP contribution in [-0.4, -0.2) is 20.1 Å². The van der Waals surface area contributed by atoms with Crippen molar-refractivity contribution < 1.29 is 18.7 Å². The second kappa shape index (κ2) is 6.98. The van der Waals surface area contributed by atoms with Gasteiger partial charge in [0.05, 0.1) is 29.4 Å². The first kappa shape index (κ1) is 16.6. The predicted molar refractivity (Wildman–Crippen MR) is 86.6 cm³/mol. The van der Waals surface area contributed by atoms with Gasteiger partial charge in [-0.2, -0.15) is 0 Å². The van der Waals surface area contributed by atoms with Gasteiger partial charge in [-0.15, -0.1) is 0 Å². The van der Waals surface area contributed by atoms with Gasteiger partial charge in [0.1, 0.15) is 17.3 Å². The summed E-state index contributed by atoms with van der Waals surface area (Å²) in [6, 6.07) is 7.16. The molecule has 2 aromatic carbocycles. The standard InChI is InChI=1S/C15H12BrClFNO3/c1-21-13-7-14(22-2)12(6-10(13)17)19-15(20)8-3-4-9(16)11(18)5-8/h3-7H,1-2H3,(H,19,20). The lowest BCUT2D eigenvalue weighted by atomic mass is 10.2. The van der Waals surface area contributed by atoms with Crippen LogP contribution in [0.15, 0.2) is 34.8 Å². The van der Waals surface area contributed by atoms with Crippen LogP contribution in [-0.2, 0) is 0 Å². The lowest BCUT2D eigenvalue weighted by Crippen LogP contribution is -2.13. The molecular formula is C15H12BrClFNO3. The fourth-order valence-electron chi connectivity index (χ4n) is 1.79. The Morgan fingerprint density at radius 2 is 1.86 bits per heavy atom. The summed E-state index contributed by atoms with van der Waals surface area (Å²) in [4.78, 5) is 12.2. The molecule has 0 heterocycles. The Bertz CT molecular complexity index is 724. The second-order valence-electron chi connectivity index (χ2n) is 4.27. The Balaban J connectivity index is 2.31. The molecule has 0 aromatic heterocycles. The largest absolute Gasteiger partial charge is 0.495 e. The summed E-state index contributed by atoms with van der Waals surface area (Å²) in [5.74, 6) is -0.198. The maximum absolute atomic E-state index is 13.5. The summed E-state index contributed by atoms with van der Waals surface area (Å²) in [6.07, 6.45) is 0. The third-order valence-corrected chi connectivity index (χ3v) is 3.84. The van der Waals surface area contributed by atoms with Crippen LogP contribution < -0.4 is 14.8 Å². The summed E-state index contributed by atoms with van der Waals surface area (Å²) in [7, 11) is 2.93. The zero-order chi connectivity index (χ0) is 16.3. The van der Waals surface area contributed by atoms with Gasteiger partial charge in [0, 0.05) is 11.6 Å². The minimum atomic E-state index is -0.521. The SMILES string of the molecule is COc1cc(OC)c(NC(=O)c2ccc(Br)c(F)c2)cc1Cl. The number of carbonyl (C=O) groups excluding carboxylic acids is 1. The minimum Gasteiger partial charge on any atom is -0.495 e. The van der Waals surface area contributed by atoms with E-state index in [-0.39, 0.29) is 10.0 Å². The molecular weight excluding hydrogens is 377 g/mol. The molecule has 0 saturated carbocycles. The Kier molecular flexibility index (Phi) is 5.26. The predicted octanol–water partition coefficient (Wildman–Crippen LogP) is 4.51. The molecule has 0 saturated heterocycles. The monoisotopic (exact) mass is 387 g/mol. The maximum Gasteiger partial charge on any atom is 0.255 e. The third-order valence-electron chi connectivity index (χ3n) is 2.90. The van der Waals surface area contributed by atoms with Crippen molar-refractivity contribution in [3.8, 4) is 11.5 Å². The van der Waals surface area contributed by atoms with Crippen molar-refractivity contribution in [2.45, 2.75) is 0 Å². The molecule has 4 nitrogen and oxygen atoms in total. The number of hydrogen-bond donors (Lipinski definition) is 1. The van der Waals surface area contributed by atoms with Gasteiger partial charge in [-0.1, -0.05) is 11.6 Å². The van der Waals surface area contributed by atoms with E-state index in [2.05, 4.69) is 21.2 Å². The van der Waals surface area contributed by atoms with Gasteiger partial charge < -0.3 is 14.8 Å². The van der Waals surface area contributed by atoms with Crippen molar-refractivity contribution in [1.82, 2.24) is 0 Å². The highest BCUT2D eigenvalue weighted by Gasteiger charge is 2.14. The van der Waals surface area contributed by atoms with Crippen molar-refractivity contribution in [3.63, 3.8) is 0 Å². The molecule has 0 atom stereocenters. The van der Waals surface area contributed by atoms with Crippen molar-refractivity contribution in [2.24, 2.45) is 0 Å². The van der Waals surface area contributed by atoms with Crippen LogP contribution in [0.25, 0.3) is 0 Å². The van der Waals surface area contributed by atoms with E-state index < -0.39 is 11.7 Å². The number of anilines is 1. The summed E-state index contributed by atoms with van der Waals surface area (Å²) in [5, 5.41) is 2.95. The molecule has 0 fully saturated rings. The number of methoxy groups -OCH3 is 2. The zero-order valence-electron chi connectivity index (χ0n) is 11.7. The lowest BCUT2D eigenvalue weighted by molar-refractivity contribution is 0.102. The van der Waals surface area contributed by atoms with Gasteiger partial charge in [-0.3, -0.25) is 4.79 Å². The molecule has 7 heteroatoms. The van der Waals surface area contributed by atoms with Crippen LogP contribution in [0.2, 0.25) is 5.02 Å². The van der Waals surface area contributed by atoms with Crippen LogP contribution in [0.1, 0.15) is 10.4 Å². The number of halogens is 3. The summed E-state index contributed by atoms with van der Waals surface area (Å²) in [6.45, 7) is 0. The number of carbonyl (C=O) groups is 1. The molecule has 2 rings (SSSR count). The molecule has 0 bridgehead atoms. The fourth-order valence-corrected chi connectivity index (χ4v) is 2.28. The summed E-state index contributed by atoms with van der Waals surface area (Å²) >= 11 is 9.07. The number of benzene rings is 2. The highest BCUT2D eigenvalue weighted by molar-refractivity contribution is 9.10. The summed E-state index contributed by atoms with van der Waals surface area (Å²) in [5.41, 5.74) is 0.538. The van der Waals surface area contributed by atoms with Gasteiger partial charge in [0.25, 0.3) is 5.91 Å². The molecule has 1 N–H and O–H groups in total. The van der Waals surface area contributed by atoms with Crippen molar-refractivity contribution in [2.75, 3.05) is 19.5 Å². The fraction of sp³-hybridized carbons (Fsp3) is 0.133. The minimum absolute atomic E-state index is 0.176. The van der Waals surface area contributed by atoms with Crippen LogP contribution >= 0.6 is 27.5 Å². The molecule has 0 spiro atoms. The van der Waals surface area contributed by atoms with Crippen LogP contribution in [0, 0.1) is 5.82 Å². The van der Waals surface area contributed by atoms with Crippen LogP contribution in [0.3, 0.4) is 0 Å². The number of amides is 1. The van der Waals surface area contributed by atoms with Crippen LogP contribution in [0.5, 0.6) is 11.5 Å². The molecule has 0 aliphatic carbocycles. The smallest absolute Gasteiger partial charge is 0.255 e. The number of hydrogen-bond acceptors (Lipinski definition) is 3. The maximum atomic E-state index is 13.5. The molecule has 0 aliphatic rings. The third kappa shape index (κ3) is 3.51. The average molecular weight is 389 g/mol. The normalized spacial score (nSPS) is 10.2. The van der Waals surface area contributed by atoms with E-state index in [0.29, 0.717) is 22.2 Å². The average Bonchev–Trinajstić information content (AvgIpc) is 2.50. The van der Waals surface area contributed by atoms with Crippen molar-refractivity contribution in [3.05, 3.63) is 51.2 Å². The Labute approximate surface area is 140 Å².